The van der Waals surface area contributed by atoms with E-state index in [2.05, 4.69) is 0 Å². The summed E-state index contributed by atoms with van der Waals surface area (Å²) >= 11 is 0. The van der Waals surface area contributed by atoms with Crippen molar-refractivity contribution in [2.75, 3.05) is 0 Å². The van der Waals surface area contributed by atoms with E-state index in [9.17, 15) is 39.6 Å². The molecule has 4 radical (unpaired) electrons. The van der Waals surface area contributed by atoms with Gasteiger partial charge in [-0.1, -0.05) is 27.7 Å². The predicted molar refractivity (Wildman–Crippen MR) is 76.3 cm³/mol. The SMILES string of the molecule is CCC(=O)[O-].CCC(=O)[O-].CCC(=O)[O-].CCC(=O)[O-].O.[Pb+2].[Pb+2]. The van der Waals surface area contributed by atoms with Crippen molar-refractivity contribution >= 4 is 78.5 Å². The van der Waals surface area contributed by atoms with Crippen molar-refractivity contribution in [2.45, 2.75) is 53.4 Å². The number of carbonyl (C=O) groups is 4. The minimum absolute atomic E-state index is 0. The van der Waals surface area contributed by atoms with Crippen molar-refractivity contribution in [1.29, 1.82) is 0 Å². The van der Waals surface area contributed by atoms with Gasteiger partial charge in [0, 0.05) is 23.9 Å². The van der Waals surface area contributed by atoms with Crippen LogP contribution in [-0.2, 0) is 19.2 Å². The van der Waals surface area contributed by atoms with Crippen molar-refractivity contribution < 1.29 is 45.1 Å². The molecule has 0 aromatic carbocycles. The smallest absolute Gasteiger partial charge is 0.550 e. The van der Waals surface area contributed by atoms with Crippen LogP contribution in [0.1, 0.15) is 53.4 Å². The molecule has 0 aliphatic heterocycles. The van der Waals surface area contributed by atoms with Gasteiger partial charge in [-0.15, -0.1) is 0 Å². The molecule has 0 atom stereocenters. The molecule has 0 unspecified atom stereocenters. The summed E-state index contributed by atoms with van der Waals surface area (Å²) in [6.07, 6.45) is 0.444. The zero-order chi connectivity index (χ0) is 17.1. The zero-order valence-electron chi connectivity index (χ0n) is 13.6. The van der Waals surface area contributed by atoms with Crippen LogP contribution in [0.5, 0.6) is 0 Å². The molecule has 0 aliphatic rings. The largest absolute Gasteiger partial charge is 2.00 e. The maximum atomic E-state index is 9.26. The maximum absolute atomic E-state index is 9.26. The third-order valence-electron chi connectivity index (χ3n) is 1.15. The Labute approximate surface area is 176 Å². The first kappa shape index (κ1) is 43.4. The van der Waals surface area contributed by atoms with Crippen LogP contribution in [0, 0.1) is 0 Å². The number of carbonyl (C=O) groups excluding carboxylic acids is 4. The number of hydrogen-bond acceptors (Lipinski definition) is 8. The number of carboxylic acids is 4. The Morgan fingerprint density at radius 3 is 0.565 bits per heavy atom. The quantitative estimate of drug-likeness (QED) is 0.258. The van der Waals surface area contributed by atoms with Crippen molar-refractivity contribution in [3.63, 3.8) is 0 Å². The van der Waals surface area contributed by atoms with Gasteiger partial charge in [-0.3, -0.25) is 0 Å². The van der Waals surface area contributed by atoms with E-state index in [0.717, 1.165) is 0 Å². The molecule has 0 aromatic rings. The van der Waals surface area contributed by atoms with Gasteiger partial charge in [-0.2, -0.15) is 0 Å². The molecule has 0 saturated carbocycles. The monoisotopic (exact) mass is 726 g/mol. The van der Waals surface area contributed by atoms with Gasteiger partial charge in [0.05, 0.1) is 0 Å². The molecule has 23 heavy (non-hydrogen) atoms. The van der Waals surface area contributed by atoms with Crippen molar-refractivity contribution in [1.82, 2.24) is 0 Å². The number of rotatable bonds is 4. The molecule has 0 aromatic heterocycles. The summed E-state index contributed by atoms with van der Waals surface area (Å²) in [6.45, 7) is 6.15. The molecule has 132 valence electrons. The van der Waals surface area contributed by atoms with E-state index < -0.39 is 23.9 Å². The Balaban J connectivity index is -0.0000000284. The fourth-order valence-electron chi connectivity index (χ4n) is 0. The van der Waals surface area contributed by atoms with Gasteiger partial charge in [-0.05, 0) is 25.7 Å². The average molecular weight is 725 g/mol. The van der Waals surface area contributed by atoms with Gasteiger partial charge in [0.15, 0.2) is 0 Å². The molecule has 11 heteroatoms. The first-order valence-electron chi connectivity index (χ1n) is 5.88. The summed E-state index contributed by atoms with van der Waals surface area (Å²) in [7, 11) is 0. The van der Waals surface area contributed by atoms with Crippen LogP contribution in [0.4, 0.5) is 0 Å². The summed E-state index contributed by atoms with van der Waals surface area (Å²) in [6, 6.07) is 0. The van der Waals surface area contributed by atoms with E-state index in [0.29, 0.717) is 0 Å². The van der Waals surface area contributed by atoms with Gasteiger partial charge >= 0.3 is 54.6 Å². The third-order valence-corrected chi connectivity index (χ3v) is 1.15. The molecule has 9 nitrogen and oxygen atoms in total. The van der Waals surface area contributed by atoms with Crippen LogP contribution in [-0.4, -0.2) is 84.0 Å². The van der Waals surface area contributed by atoms with Gasteiger partial charge in [0.1, 0.15) is 0 Å². The van der Waals surface area contributed by atoms with Gasteiger partial charge < -0.3 is 45.1 Å². The molecule has 0 rings (SSSR count). The summed E-state index contributed by atoms with van der Waals surface area (Å²) in [5, 5.41) is 37.0. The summed E-state index contributed by atoms with van der Waals surface area (Å²) < 4.78 is 0. The number of hydrogen-bond donors (Lipinski definition) is 0. The second kappa shape index (κ2) is 37.7. The average Bonchev–Trinajstić information content (AvgIpc) is 2.40. The van der Waals surface area contributed by atoms with Crippen LogP contribution in [0.2, 0.25) is 0 Å². The van der Waals surface area contributed by atoms with Crippen LogP contribution in [0.25, 0.3) is 0 Å². The minimum atomic E-state index is -0.995. The van der Waals surface area contributed by atoms with Crippen LogP contribution in [0.15, 0.2) is 0 Å². The van der Waals surface area contributed by atoms with E-state index in [1.807, 2.05) is 0 Å². The second-order valence-corrected chi connectivity index (χ2v) is 2.90. The zero-order valence-corrected chi connectivity index (χ0v) is 21.4. The van der Waals surface area contributed by atoms with E-state index >= 15 is 0 Å². The summed E-state index contributed by atoms with van der Waals surface area (Å²) in [4.78, 5) is 37.0. The first-order chi connectivity index (χ1) is 9.08. The normalized spacial score (nSPS) is 6.43. The van der Waals surface area contributed by atoms with Crippen LogP contribution >= 0.6 is 0 Å². The topological polar surface area (TPSA) is 192 Å². The van der Waals surface area contributed by atoms with Gasteiger partial charge in [0.2, 0.25) is 0 Å². The fraction of sp³-hybridized carbons (Fsp3) is 0.667. The van der Waals surface area contributed by atoms with Crippen LogP contribution < -0.4 is 20.4 Å². The number of aliphatic carboxylic acids is 4. The predicted octanol–water partition coefficient (Wildman–Crippen LogP) is -5.00. The van der Waals surface area contributed by atoms with Crippen LogP contribution in [0.3, 0.4) is 0 Å². The Morgan fingerprint density at radius 2 is 0.565 bits per heavy atom. The molecule has 0 amide bonds. The van der Waals surface area contributed by atoms with Crippen molar-refractivity contribution in [3.8, 4) is 0 Å². The Hall–Kier alpha value is -0.316. The Bertz CT molecular complexity index is 228. The van der Waals surface area contributed by atoms with E-state index in [1.165, 1.54) is 27.7 Å². The summed E-state index contributed by atoms with van der Waals surface area (Å²) in [5.74, 6) is -3.98. The standard InChI is InChI=1S/4C3H6O2.H2O.2Pb/c4*1-2-3(4)5;;;/h4*2H2,1H3,(H,4,5);1H2;;/q;;;;;2*+2/p-4. The fourth-order valence-corrected chi connectivity index (χ4v) is 0. The molecule has 0 heterocycles. The molecule has 0 fully saturated rings. The Kier molecular flexibility index (Phi) is 71.1. The van der Waals surface area contributed by atoms with E-state index in [1.54, 1.807) is 0 Å². The van der Waals surface area contributed by atoms with E-state index in [4.69, 9.17) is 0 Å². The molecule has 2 N–H and O–H groups in total. The minimum Gasteiger partial charge on any atom is -0.550 e. The maximum Gasteiger partial charge on any atom is 2.00 e. The summed E-state index contributed by atoms with van der Waals surface area (Å²) in [5.41, 5.74) is 0. The number of carboxylic acid groups (broad SMARTS) is 4. The first-order valence-corrected chi connectivity index (χ1v) is 5.88. The van der Waals surface area contributed by atoms with Crippen molar-refractivity contribution in [3.05, 3.63) is 0 Å². The molecular formula is C12H22O9Pb2. The third kappa shape index (κ3) is 142. The molecule has 0 spiro atoms. The van der Waals surface area contributed by atoms with Gasteiger partial charge in [-0.25, -0.2) is 0 Å². The molecule has 0 aliphatic carbocycles. The molecule has 0 saturated heterocycles. The second-order valence-electron chi connectivity index (χ2n) is 2.90. The molecule has 0 bridgehead atoms. The Morgan fingerprint density at radius 1 is 0.522 bits per heavy atom. The van der Waals surface area contributed by atoms with Gasteiger partial charge in [0.25, 0.3) is 0 Å². The molecular weight excluding hydrogens is 703 g/mol. The van der Waals surface area contributed by atoms with Crippen molar-refractivity contribution in [2.24, 2.45) is 0 Å². The van der Waals surface area contributed by atoms with E-state index in [-0.39, 0.29) is 85.8 Å².